The van der Waals surface area contributed by atoms with Crippen molar-refractivity contribution in [3.8, 4) is 33.4 Å². The second kappa shape index (κ2) is 9.41. The van der Waals surface area contributed by atoms with E-state index < -0.39 is 0 Å². The molecule has 0 saturated carbocycles. The van der Waals surface area contributed by atoms with E-state index in [1.54, 1.807) is 49.5 Å². The number of hydrogen-bond donors (Lipinski definition) is 0. The minimum absolute atomic E-state index is 0.639. The summed E-state index contributed by atoms with van der Waals surface area (Å²) in [6.45, 7) is 3.51. The number of nitrogens with zero attached hydrogens (tertiary/aromatic N) is 2. The Balaban J connectivity index is 1.72. The maximum atomic E-state index is 8.76. The topological polar surface area (TPSA) is 73.9 Å². The van der Waals surface area contributed by atoms with Crippen LogP contribution in [0.4, 0.5) is 0 Å². The van der Waals surface area contributed by atoms with Crippen molar-refractivity contribution in [1.29, 1.82) is 10.5 Å². The van der Waals surface area contributed by atoms with Crippen molar-refractivity contribution in [2.45, 2.75) is 13.8 Å². The van der Waals surface area contributed by atoms with E-state index in [-0.39, 0.29) is 0 Å². The van der Waals surface area contributed by atoms with Crippen molar-refractivity contribution >= 4 is 23.5 Å². The largest absolute Gasteiger partial charge is 0.456 e. The maximum absolute atomic E-state index is 8.76. The predicted octanol–water partition coefficient (Wildman–Crippen LogP) is 7.23. The average Bonchev–Trinajstić information content (AvgIpc) is 3.47. The van der Waals surface area contributed by atoms with Gasteiger partial charge in [0.05, 0.1) is 21.9 Å². The zero-order valence-electron chi connectivity index (χ0n) is 16.0. The van der Waals surface area contributed by atoms with E-state index in [1.807, 2.05) is 48.6 Å². The van der Waals surface area contributed by atoms with Crippen LogP contribution in [-0.2, 0) is 0 Å². The third-order valence-corrected chi connectivity index (χ3v) is 5.03. The molecule has 0 aliphatic carbocycles. The lowest BCUT2D eigenvalue weighted by Gasteiger charge is -1.91. The monoisotopic (exact) mass is 398 g/mol. The van der Waals surface area contributed by atoms with Crippen LogP contribution >= 0.6 is 11.3 Å². The summed E-state index contributed by atoms with van der Waals surface area (Å²) in [7, 11) is 0. The fourth-order valence-corrected chi connectivity index (χ4v) is 3.33. The molecule has 3 aromatic heterocycles. The smallest absolute Gasteiger partial charge is 0.144 e. The average molecular weight is 398 g/mol. The molecular weight excluding hydrogens is 380 g/mol. The maximum Gasteiger partial charge on any atom is 0.144 e. The molecule has 0 atom stereocenters. The van der Waals surface area contributed by atoms with Crippen LogP contribution < -0.4 is 0 Å². The summed E-state index contributed by atoms with van der Waals surface area (Å²) in [4.78, 5) is 2.01. The van der Waals surface area contributed by atoms with E-state index in [0.29, 0.717) is 11.1 Å². The molecule has 3 aromatic rings. The molecule has 0 aromatic carbocycles. The number of rotatable bonds is 6. The van der Waals surface area contributed by atoms with Crippen molar-refractivity contribution in [1.82, 2.24) is 0 Å². The lowest BCUT2D eigenvalue weighted by atomic mass is 10.3. The fourth-order valence-electron chi connectivity index (χ4n) is 2.40. The molecule has 4 nitrogen and oxygen atoms in total. The minimum atomic E-state index is 0.639. The van der Waals surface area contributed by atoms with E-state index in [9.17, 15) is 0 Å². The Morgan fingerprint density at radius 1 is 0.759 bits per heavy atom. The highest BCUT2D eigenvalue weighted by Gasteiger charge is 2.10. The highest BCUT2D eigenvalue weighted by atomic mass is 32.1. The molecule has 5 heteroatoms. The molecule has 0 unspecified atom stereocenters. The molecule has 0 bridgehead atoms. The third-order valence-electron chi connectivity index (χ3n) is 3.91. The molecule has 0 fully saturated rings. The van der Waals surface area contributed by atoms with Gasteiger partial charge in [-0.3, -0.25) is 0 Å². The summed E-state index contributed by atoms with van der Waals surface area (Å²) in [5.74, 6) is 3.02. The highest BCUT2D eigenvalue weighted by Crippen LogP contribution is 2.36. The number of thiophene rings is 1. The van der Waals surface area contributed by atoms with Crippen LogP contribution in [0.5, 0.6) is 0 Å². The molecule has 0 amide bonds. The molecule has 3 heterocycles. The minimum Gasteiger partial charge on any atom is -0.456 e. The zero-order valence-corrected chi connectivity index (χ0v) is 16.9. The van der Waals surface area contributed by atoms with Gasteiger partial charge in [-0.25, -0.2) is 0 Å². The Morgan fingerprint density at radius 3 is 1.62 bits per heavy atom. The first kappa shape index (κ1) is 19.9. The standard InChI is InChI=1S/C24H18N2O2S/c1-17(15-25)5-3-7-19-9-11-21(27-19)23-13-14-24(29-23)22-12-10-20(28-22)8-4-6-18(2)16-26/h3-14H,1-2H3/b7-3+,8-4+,17-5-,18-6-. The summed E-state index contributed by atoms with van der Waals surface area (Å²) in [6, 6.07) is 15.8. The normalized spacial score (nSPS) is 12.6. The summed E-state index contributed by atoms with van der Waals surface area (Å²) < 4.78 is 11.7. The molecule has 0 radical (unpaired) electrons. The van der Waals surface area contributed by atoms with Crippen LogP contribution in [0.25, 0.3) is 33.4 Å². The Hall–Kier alpha value is -3.80. The Labute approximate surface area is 173 Å². The van der Waals surface area contributed by atoms with E-state index in [2.05, 4.69) is 12.1 Å². The van der Waals surface area contributed by atoms with Gasteiger partial charge in [0.25, 0.3) is 0 Å². The second-order valence-corrected chi connectivity index (χ2v) is 7.29. The number of allylic oxidation sites excluding steroid dienone is 6. The van der Waals surface area contributed by atoms with Crippen LogP contribution in [0.3, 0.4) is 0 Å². The van der Waals surface area contributed by atoms with Crippen LogP contribution in [-0.4, -0.2) is 0 Å². The zero-order chi connectivity index (χ0) is 20.6. The van der Waals surface area contributed by atoms with Crippen LogP contribution in [0.1, 0.15) is 25.4 Å². The van der Waals surface area contributed by atoms with Gasteiger partial charge in [-0.1, -0.05) is 12.2 Å². The fraction of sp³-hybridized carbons (Fsp3) is 0.0833. The van der Waals surface area contributed by atoms with Crippen molar-refractivity contribution in [2.24, 2.45) is 0 Å². The lowest BCUT2D eigenvalue weighted by molar-refractivity contribution is 0.573. The van der Waals surface area contributed by atoms with E-state index in [0.717, 1.165) is 32.8 Å². The van der Waals surface area contributed by atoms with Crippen LogP contribution in [0.15, 0.2) is 80.7 Å². The quantitative estimate of drug-likeness (QED) is 0.324. The molecule has 29 heavy (non-hydrogen) atoms. The third kappa shape index (κ3) is 5.35. The molecule has 0 aliphatic rings. The SMILES string of the molecule is C/C(C#N)=C/C=C/c1ccc(-c2ccc(-c3ccc(/C=C/C=C(/C)C#N)o3)s2)o1. The summed E-state index contributed by atoms with van der Waals surface area (Å²) in [6.07, 6.45) is 10.7. The molecular formula is C24H18N2O2S. The number of hydrogen-bond acceptors (Lipinski definition) is 5. The van der Waals surface area contributed by atoms with Gasteiger partial charge in [0, 0.05) is 11.1 Å². The molecule has 0 saturated heterocycles. The van der Waals surface area contributed by atoms with Gasteiger partial charge in [0.15, 0.2) is 0 Å². The first-order chi connectivity index (χ1) is 14.1. The Bertz CT molecular complexity index is 1110. The van der Waals surface area contributed by atoms with Gasteiger partial charge < -0.3 is 8.83 Å². The van der Waals surface area contributed by atoms with Gasteiger partial charge in [0.1, 0.15) is 23.0 Å². The summed E-state index contributed by atoms with van der Waals surface area (Å²) in [5.41, 5.74) is 1.28. The highest BCUT2D eigenvalue weighted by molar-refractivity contribution is 7.18. The van der Waals surface area contributed by atoms with Crippen molar-refractivity contribution in [3.05, 3.63) is 83.4 Å². The molecule has 0 N–H and O–H groups in total. The summed E-state index contributed by atoms with van der Waals surface area (Å²) in [5, 5.41) is 17.5. The van der Waals surface area contributed by atoms with Crippen molar-refractivity contribution < 1.29 is 8.83 Å². The van der Waals surface area contributed by atoms with Gasteiger partial charge in [0.2, 0.25) is 0 Å². The number of furan rings is 2. The molecule has 0 spiro atoms. The van der Waals surface area contributed by atoms with E-state index in [4.69, 9.17) is 19.4 Å². The first-order valence-corrected chi connectivity index (χ1v) is 9.71. The van der Waals surface area contributed by atoms with Gasteiger partial charge in [-0.15, -0.1) is 11.3 Å². The van der Waals surface area contributed by atoms with Crippen molar-refractivity contribution in [2.75, 3.05) is 0 Å². The molecule has 0 aliphatic heterocycles. The Morgan fingerprint density at radius 2 is 1.21 bits per heavy atom. The lowest BCUT2D eigenvalue weighted by Crippen LogP contribution is -1.65. The van der Waals surface area contributed by atoms with Gasteiger partial charge in [-0.05, 0) is 74.5 Å². The second-order valence-electron chi connectivity index (χ2n) is 6.21. The van der Waals surface area contributed by atoms with E-state index >= 15 is 0 Å². The molecule has 142 valence electrons. The molecule has 3 rings (SSSR count). The number of nitriles is 2. The van der Waals surface area contributed by atoms with E-state index in [1.165, 1.54) is 0 Å². The van der Waals surface area contributed by atoms with Crippen molar-refractivity contribution in [3.63, 3.8) is 0 Å². The van der Waals surface area contributed by atoms with Gasteiger partial charge in [-0.2, -0.15) is 10.5 Å². The van der Waals surface area contributed by atoms with Crippen LogP contribution in [0.2, 0.25) is 0 Å². The van der Waals surface area contributed by atoms with Crippen LogP contribution in [0, 0.1) is 22.7 Å². The first-order valence-electron chi connectivity index (χ1n) is 8.89. The predicted molar refractivity (Wildman–Crippen MR) is 117 cm³/mol. The summed E-state index contributed by atoms with van der Waals surface area (Å²) >= 11 is 1.58. The van der Waals surface area contributed by atoms with Gasteiger partial charge >= 0.3 is 0 Å². The Kier molecular flexibility index (Phi) is 6.47.